The summed E-state index contributed by atoms with van der Waals surface area (Å²) in [6.07, 6.45) is 3.72. The van der Waals surface area contributed by atoms with E-state index in [2.05, 4.69) is 51.8 Å². The second-order valence-electron chi connectivity index (χ2n) is 7.37. The summed E-state index contributed by atoms with van der Waals surface area (Å²) in [4.78, 5) is 16.9. The van der Waals surface area contributed by atoms with E-state index in [0.717, 1.165) is 29.9 Å². The lowest BCUT2D eigenvalue weighted by Gasteiger charge is -2.15. The molecule has 0 saturated carbocycles. The van der Waals surface area contributed by atoms with Crippen LogP contribution in [0.15, 0.2) is 12.3 Å². The van der Waals surface area contributed by atoms with Gasteiger partial charge in [-0.1, -0.05) is 48.0 Å². The lowest BCUT2D eigenvalue weighted by atomic mass is 9.93. The van der Waals surface area contributed by atoms with E-state index in [9.17, 15) is 4.79 Å². The standard InChI is InChI=1S/C18H28N4O/c1-7-8-9-19-17(23)13-11-20-15-10-14(18(4,5)6)21-22(15)16(13)12(2)3/h10-12H,7-9H2,1-6H3,(H,19,23). The number of fused-ring (bicyclic) bond motifs is 1. The molecule has 0 saturated heterocycles. The molecule has 0 spiro atoms. The Balaban J connectivity index is 2.49. The van der Waals surface area contributed by atoms with Gasteiger partial charge >= 0.3 is 0 Å². The van der Waals surface area contributed by atoms with Gasteiger partial charge in [0.05, 0.1) is 17.0 Å². The van der Waals surface area contributed by atoms with Gasteiger partial charge in [-0.2, -0.15) is 5.10 Å². The summed E-state index contributed by atoms with van der Waals surface area (Å²) >= 11 is 0. The number of aromatic nitrogens is 3. The number of nitrogens with zero attached hydrogens (tertiary/aromatic N) is 3. The molecule has 2 rings (SSSR count). The maximum atomic E-state index is 12.5. The minimum Gasteiger partial charge on any atom is -0.352 e. The number of rotatable bonds is 5. The molecule has 0 aromatic carbocycles. The van der Waals surface area contributed by atoms with Crippen molar-refractivity contribution in [1.29, 1.82) is 0 Å². The first kappa shape index (κ1) is 17.4. The van der Waals surface area contributed by atoms with E-state index in [1.165, 1.54) is 0 Å². The fraction of sp³-hybridized carbons (Fsp3) is 0.611. The van der Waals surface area contributed by atoms with E-state index in [1.54, 1.807) is 6.20 Å². The SMILES string of the molecule is CCCCNC(=O)c1cnc2cc(C(C)(C)C)nn2c1C(C)C. The summed E-state index contributed by atoms with van der Waals surface area (Å²) < 4.78 is 1.83. The number of nitrogens with one attached hydrogen (secondary N) is 1. The van der Waals surface area contributed by atoms with Gasteiger partial charge in [0.25, 0.3) is 5.91 Å². The summed E-state index contributed by atoms with van der Waals surface area (Å²) in [7, 11) is 0. The zero-order chi connectivity index (χ0) is 17.2. The number of unbranched alkanes of at least 4 members (excludes halogenated alkanes) is 1. The van der Waals surface area contributed by atoms with Gasteiger partial charge in [0, 0.05) is 24.2 Å². The van der Waals surface area contributed by atoms with Crippen LogP contribution in [0.25, 0.3) is 5.65 Å². The van der Waals surface area contributed by atoms with Crippen LogP contribution in [0.4, 0.5) is 0 Å². The molecular formula is C18H28N4O. The van der Waals surface area contributed by atoms with Crippen LogP contribution in [0.1, 0.15) is 82.0 Å². The van der Waals surface area contributed by atoms with Crippen molar-refractivity contribution in [2.24, 2.45) is 0 Å². The third-order valence-electron chi connectivity index (χ3n) is 3.90. The second-order valence-corrected chi connectivity index (χ2v) is 7.37. The second kappa shape index (κ2) is 6.69. The molecule has 23 heavy (non-hydrogen) atoms. The summed E-state index contributed by atoms with van der Waals surface area (Å²) in [6.45, 7) is 13.3. The highest BCUT2D eigenvalue weighted by molar-refractivity contribution is 5.95. The molecule has 0 atom stereocenters. The topological polar surface area (TPSA) is 59.3 Å². The molecule has 0 bridgehead atoms. The van der Waals surface area contributed by atoms with Crippen molar-refractivity contribution in [3.8, 4) is 0 Å². The average molecular weight is 316 g/mol. The van der Waals surface area contributed by atoms with Crippen molar-refractivity contribution in [2.75, 3.05) is 6.54 Å². The van der Waals surface area contributed by atoms with Crippen molar-refractivity contribution in [1.82, 2.24) is 19.9 Å². The highest BCUT2D eigenvalue weighted by Crippen LogP contribution is 2.25. The van der Waals surface area contributed by atoms with Gasteiger partial charge in [-0.3, -0.25) is 4.79 Å². The average Bonchev–Trinajstić information content (AvgIpc) is 2.90. The molecule has 2 aromatic rings. The number of hydrogen-bond donors (Lipinski definition) is 1. The number of carbonyl (C=O) groups excluding carboxylic acids is 1. The van der Waals surface area contributed by atoms with Gasteiger partial charge in [0.2, 0.25) is 0 Å². The Morgan fingerprint density at radius 3 is 2.61 bits per heavy atom. The monoisotopic (exact) mass is 316 g/mol. The Morgan fingerprint density at radius 1 is 1.35 bits per heavy atom. The summed E-state index contributed by atoms with van der Waals surface area (Å²) in [5, 5.41) is 7.70. The molecule has 126 valence electrons. The van der Waals surface area contributed by atoms with Crippen molar-refractivity contribution in [3.05, 3.63) is 29.2 Å². The molecule has 0 radical (unpaired) electrons. The molecule has 0 aliphatic rings. The zero-order valence-electron chi connectivity index (χ0n) is 15.1. The van der Waals surface area contributed by atoms with Crippen LogP contribution in [0.5, 0.6) is 0 Å². The van der Waals surface area contributed by atoms with Crippen LogP contribution < -0.4 is 5.32 Å². The fourth-order valence-electron chi connectivity index (χ4n) is 2.52. The lowest BCUT2D eigenvalue weighted by molar-refractivity contribution is 0.0950. The zero-order valence-corrected chi connectivity index (χ0v) is 15.1. The molecule has 0 fully saturated rings. The molecule has 0 unspecified atom stereocenters. The normalized spacial score (nSPS) is 12.1. The number of carbonyl (C=O) groups is 1. The predicted octanol–water partition coefficient (Wildman–Crippen LogP) is 3.68. The smallest absolute Gasteiger partial charge is 0.254 e. The van der Waals surface area contributed by atoms with Crippen LogP contribution in [0.2, 0.25) is 0 Å². The number of hydrogen-bond acceptors (Lipinski definition) is 3. The first-order chi connectivity index (χ1) is 10.8. The van der Waals surface area contributed by atoms with E-state index in [0.29, 0.717) is 12.1 Å². The van der Waals surface area contributed by atoms with Gasteiger partial charge in [0.15, 0.2) is 5.65 Å². The highest BCUT2D eigenvalue weighted by atomic mass is 16.1. The van der Waals surface area contributed by atoms with Crippen molar-refractivity contribution in [3.63, 3.8) is 0 Å². The van der Waals surface area contributed by atoms with Gasteiger partial charge < -0.3 is 5.32 Å². The molecule has 1 N–H and O–H groups in total. The van der Waals surface area contributed by atoms with Crippen molar-refractivity contribution >= 4 is 11.6 Å². The van der Waals surface area contributed by atoms with Crippen molar-refractivity contribution < 1.29 is 4.79 Å². The molecule has 2 aromatic heterocycles. The maximum Gasteiger partial charge on any atom is 0.254 e. The maximum absolute atomic E-state index is 12.5. The van der Waals surface area contributed by atoms with E-state index >= 15 is 0 Å². The molecular weight excluding hydrogens is 288 g/mol. The van der Waals surface area contributed by atoms with E-state index in [-0.39, 0.29) is 17.2 Å². The van der Waals surface area contributed by atoms with Crippen LogP contribution in [-0.2, 0) is 5.41 Å². The third kappa shape index (κ3) is 3.71. The molecule has 0 aliphatic carbocycles. The minimum absolute atomic E-state index is 0.0501. The summed E-state index contributed by atoms with van der Waals surface area (Å²) in [5.74, 6) is 0.115. The van der Waals surface area contributed by atoms with E-state index in [1.807, 2.05) is 10.6 Å². The van der Waals surface area contributed by atoms with Gasteiger partial charge in [0.1, 0.15) is 0 Å². The Hall–Kier alpha value is -1.91. The van der Waals surface area contributed by atoms with Crippen molar-refractivity contribution in [2.45, 2.75) is 65.7 Å². The number of amides is 1. The molecule has 5 heteroatoms. The van der Waals surface area contributed by atoms with E-state index in [4.69, 9.17) is 5.10 Å². The van der Waals surface area contributed by atoms with Crippen LogP contribution in [0, 0.1) is 0 Å². The fourth-order valence-corrected chi connectivity index (χ4v) is 2.52. The van der Waals surface area contributed by atoms with E-state index < -0.39 is 0 Å². The van der Waals surface area contributed by atoms with Crippen LogP contribution >= 0.6 is 0 Å². The summed E-state index contributed by atoms with van der Waals surface area (Å²) in [6, 6.07) is 2.00. The summed E-state index contributed by atoms with van der Waals surface area (Å²) in [5.41, 5.74) is 3.26. The minimum atomic E-state index is -0.0654. The first-order valence-electron chi connectivity index (χ1n) is 8.43. The highest BCUT2D eigenvalue weighted by Gasteiger charge is 2.23. The molecule has 1 amide bonds. The van der Waals surface area contributed by atoms with Gasteiger partial charge in [-0.25, -0.2) is 9.50 Å². The lowest BCUT2D eigenvalue weighted by Crippen LogP contribution is -2.27. The third-order valence-corrected chi connectivity index (χ3v) is 3.90. The Kier molecular flexibility index (Phi) is 5.07. The van der Waals surface area contributed by atoms with Crippen LogP contribution in [-0.4, -0.2) is 27.0 Å². The largest absolute Gasteiger partial charge is 0.352 e. The quantitative estimate of drug-likeness (QED) is 0.856. The predicted molar refractivity (Wildman–Crippen MR) is 93.0 cm³/mol. The Bertz CT molecular complexity index is 695. The molecule has 2 heterocycles. The first-order valence-corrected chi connectivity index (χ1v) is 8.43. The van der Waals surface area contributed by atoms with Crippen LogP contribution in [0.3, 0.4) is 0 Å². The molecule has 5 nitrogen and oxygen atoms in total. The van der Waals surface area contributed by atoms with Gasteiger partial charge in [-0.15, -0.1) is 0 Å². The molecule has 0 aliphatic heterocycles. The Labute approximate surface area is 138 Å². The Morgan fingerprint density at radius 2 is 2.04 bits per heavy atom. The van der Waals surface area contributed by atoms with Gasteiger partial charge in [-0.05, 0) is 12.3 Å².